The lowest BCUT2D eigenvalue weighted by Gasteiger charge is -2.09. The molecule has 130 valence electrons. The second-order valence-corrected chi connectivity index (χ2v) is 5.31. The van der Waals surface area contributed by atoms with Crippen LogP contribution in [0.2, 0.25) is 0 Å². The topological polar surface area (TPSA) is 63.0 Å². The van der Waals surface area contributed by atoms with Gasteiger partial charge in [-0.3, -0.25) is 9.67 Å². The number of pyridine rings is 1. The Labute approximate surface area is 141 Å². The molecule has 3 aromatic rings. The molecule has 2 N–H and O–H groups in total. The van der Waals surface area contributed by atoms with Gasteiger partial charge in [-0.05, 0) is 30.3 Å². The summed E-state index contributed by atoms with van der Waals surface area (Å²) < 4.78 is 40.0. The van der Waals surface area contributed by atoms with Gasteiger partial charge in [-0.1, -0.05) is 6.07 Å². The molecule has 0 saturated carbocycles. The van der Waals surface area contributed by atoms with Crippen LogP contribution < -0.4 is 5.32 Å². The predicted octanol–water partition coefficient (Wildman–Crippen LogP) is 3.70. The molecule has 0 fully saturated rings. The number of halogens is 3. The number of aromatic nitrogens is 3. The smallest absolute Gasteiger partial charge is 0.394 e. The van der Waals surface area contributed by atoms with Gasteiger partial charge in [0, 0.05) is 29.7 Å². The number of aliphatic hydroxyl groups excluding tert-OH is 1. The fourth-order valence-electron chi connectivity index (χ4n) is 2.41. The average molecular weight is 348 g/mol. The molecule has 0 atom stereocenters. The minimum absolute atomic E-state index is 0.113. The lowest BCUT2D eigenvalue weighted by molar-refractivity contribution is -0.137. The van der Waals surface area contributed by atoms with Crippen molar-refractivity contribution in [3.8, 4) is 11.3 Å². The zero-order valence-corrected chi connectivity index (χ0v) is 13.0. The maximum Gasteiger partial charge on any atom is 0.416 e. The highest BCUT2D eigenvalue weighted by Gasteiger charge is 2.30. The zero-order chi connectivity index (χ0) is 17.9. The van der Waals surface area contributed by atoms with Crippen molar-refractivity contribution in [3.63, 3.8) is 0 Å². The summed E-state index contributed by atoms with van der Waals surface area (Å²) in [6, 6.07) is 10.2. The first-order valence-corrected chi connectivity index (χ1v) is 7.51. The highest BCUT2D eigenvalue weighted by atomic mass is 19.4. The van der Waals surface area contributed by atoms with Gasteiger partial charge in [-0.2, -0.15) is 18.3 Å². The van der Waals surface area contributed by atoms with Gasteiger partial charge >= 0.3 is 6.18 Å². The third-order valence-corrected chi connectivity index (χ3v) is 3.51. The summed E-state index contributed by atoms with van der Waals surface area (Å²) in [7, 11) is 0. The number of nitrogens with one attached hydrogen (secondary N) is 1. The van der Waals surface area contributed by atoms with Crippen molar-refractivity contribution in [1.29, 1.82) is 0 Å². The van der Waals surface area contributed by atoms with E-state index in [-0.39, 0.29) is 18.8 Å². The summed E-state index contributed by atoms with van der Waals surface area (Å²) in [6.45, 7) is 0.145. The molecular weight excluding hydrogens is 333 g/mol. The molecule has 8 heteroatoms. The highest BCUT2D eigenvalue weighted by Crippen LogP contribution is 2.31. The Bertz CT molecular complexity index is 847. The van der Waals surface area contributed by atoms with E-state index in [1.165, 1.54) is 12.1 Å². The van der Waals surface area contributed by atoms with Gasteiger partial charge in [0.25, 0.3) is 0 Å². The summed E-state index contributed by atoms with van der Waals surface area (Å²) in [5.74, 6) is 0.381. The Kier molecular flexibility index (Phi) is 4.71. The van der Waals surface area contributed by atoms with Gasteiger partial charge in [0.1, 0.15) is 0 Å². The van der Waals surface area contributed by atoms with Crippen LogP contribution in [0.1, 0.15) is 5.56 Å². The van der Waals surface area contributed by atoms with Gasteiger partial charge in [0.15, 0.2) is 5.82 Å². The largest absolute Gasteiger partial charge is 0.416 e. The summed E-state index contributed by atoms with van der Waals surface area (Å²) in [6.07, 6.45) is -1.12. The van der Waals surface area contributed by atoms with Crippen LogP contribution in [0.3, 0.4) is 0 Å². The fraction of sp³-hybridized carbons (Fsp3) is 0.176. The van der Waals surface area contributed by atoms with Crippen molar-refractivity contribution in [2.75, 3.05) is 11.9 Å². The van der Waals surface area contributed by atoms with Gasteiger partial charge in [0.2, 0.25) is 0 Å². The molecule has 1 aromatic carbocycles. The van der Waals surface area contributed by atoms with E-state index in [9.17, 15) is 18.3 Å². The first kappa shape index (κ1) is 17.0. The van der Waals surface area contributed by atoms with E-state index in [1.54, 1.807) is 29.2 Å². The maximum absolute atomic E-state index is 12.8. The van der Waals surface area contributed by atoms with Gasteiger partial charge in [0.05, 0.1) is 24.4 Å². The third kappa shape index (κ3) is 3.97. The Morgan fingerprint density at radius 2 is 1.96 bits per heavy atom. The molecule has 0 radical (unpaired) electrons. The van der Waals surface area contributed by atoms with Crippen molar-refractivity contribution >= 4 is 11.5 Å². The van der Waals surface area contributed by atoms with E-state index in [4.69, 9.17) is 0 Å². The van der Waals surface area contributed by atoms with Crippen molar-refractivity contribution in [3.05, 3.63) is 60.4 Å². The van der Waals surface area contributed by atoms with E-state index < -0.39 is 11.7 Å². The number of benzene rings is 1. The Morgan fingerprint density at radius 3 is 2.64 bits per heavy atom. The minimum atomic E-state index is -4.41. The molecule has 0 aliphatic rings. The standard InChI is InChI=1S/C17H15F3N4O/c18-17(19,20)13-4-1-5-14(9-13)22-16-10-15(24(23-16)7-8-25)12-3-2-6-21-11-12/h1-6,9-11,25H,7-8H2,(H,22,23). The second kappa shape index (κ2) is 6.94. The number of nitrogens with zero attached hydrogens (tertiary/aromatic N) is 3. The molecule has 0 bridgehead atoms. The SMILES string of the molecule is OCCn1nc(Nc2cccc(C(F)(F)F)c2)cc1-c1cccnc1. The van der Waals surface area contributed by atoms with Gasteiger partial charge in [-0.15, -0.1) is 0 Å². The van der Waals surface area contributed by atoms with Crippen LogP contribution in [0.15, 0.2) is 54.9 Å². The Morgan fingerprint density at radius 1 is 1.12 bits per heavy atom. The normalized spacial score (nSPS) is 11.5. The van der Waals surface area contributed by atoms with E-state index in [0.717, 1.165) is 17.7 Å². The van der Waals surface area contributed by atoms with Crippen LogP contribution in [-0.4, -0.2) is 26.5 Å². The first-order valence-electron chi connectivity index (χ1n) is 7.51. The van der Waals surface area contributed by atoms with E-state index >= 15 is 0 Å². The molecule has 0 saturated heterocycles. The van der Waals surface area contributed by atoms with Gasteiger partial charge < -0.3 is 10.4 Å². The van der Waals surface area contributed by atoms with Crippen molar-refractivity contribution in [2.45, 2.75) is 12.7 Å². The van der Waals surface area contributed by atoms with Crippen LogP contribution in [0.5, 0.6) is 0 Å². The number of hydrogen-bond acceptors (Lipinski definition) is 4. The number of alkyl halides is 3. The molecule has 2 aromatic heterocycles. The lowest BCUT2D eigenvalue weighted by atomic mass is 10.2. The van der Waals surface area contributed by atoms with Crippen molar-refractivity contribution in [1.82, 2.24) is 14.8 Å². The molecule has 3 rings (SSSR count). The molecular formula is C17H15F3N4O. The van der Waals surface area contributed by atoms with Crippen LogP contribution >= 0.6 is 0 Å². The van der Waals surface area contributed by atoms with Crippen LogP contribution in [0.25, 0.3) is 11.3 Å². The molecule has 0 aliphatic carbocycles. The maximum atomic E-state index is 12.8. The summed E-state index contributed by atoms with van der Waals surface area (Å²) in [4.78, 5) is 4.05. The number of rotatable bonds is 5. The second-order valence-electron chi connectivity index (χ2n) is 5.31. The van der Waals surface area contributed by atoms with Crippen LogP contribution in [-0.2, 0) is 12.7 Å². The quantitative estimate of drug-likeness (QED) is 0.738. The first-order chi connectivity index (χ1) is 12.0. The Balaban J connectivity index is 1.91. The molecule has 0 unspecified atom stereocenters. The third-order valence-electron chi connectivity index (χ3n) is 3.51. The minimum Gasteiger partial charge on any atom is -0.394 e. The summed E-state index contributed by atoms with van der Waals surface area (Å²) >= 11 is 0. The molecule has 25 heavy (non-hydrogen) atoms. The zero-order valence-electron chi connectivity index (χ0n) is 13.0. The number of aliphatic hydroxyl groups is 1. The van der Waals surface area contributed by atoms with Crippen molar-refractivity contribution in [2.24, 2.45) is 0 Å². The summed E-state index contributed by atoms with van der Waals surface area (Å²) in [5, 5.41) is 16.4. The van der Waals surface area contributed by atoms with E-state index in [2.05, 4.69) is 15.4 Å². The molecule has 5 nitrogen and oxygen atoms in total. The predicted molar refractivity (Wildman–Crippen MR) is 87.3 cm³/mol. The van der Waals surface area contributed by atoms with E-state index in [0.29, 0.717) is 11.5 Å². The van der Waals surface area contributed by atoms with Crippen molar-refractivity contribution < 1.29 is 18.3 Å². The van der Waals surface area contributed by atoms with E-state index in [1.807, 2.05) is 6.07 Å². The number of hydrogen-bond donors (Lipinski definition) is 2. The Hall–Kier alpha value is -2.87. The average Bonchev–Trinajstić information content (AvgIpc) is 2.98. The van der Waals surface area contributed by atoms with Crippen LogP contribution in [0, 0.1) is 0 Å². The molecule has 0 aliphatic heterocycles. The monoisotopic (exact) mass is 348 g/mol. The van der Waals surface area contributed by atoms with Gasteiger partial charge in [-0.25, -0.2) is 0 Å². The number of anilines is 2. The summed E-state index contributed by atoms with van der Waals surface area (Å²) in [5.41, 5.74) is 1.04. The molecule has 0 amide bonds. The lowest BCUT2D eigenvalue weighted by Crippen LogP contribution is -2.07. The fourth-order valence-corrected chi connectivity index (χ4v) is 2.41. The van der Waals surface area contributed by atoms with Crippen LogP contribution in [0.4, 0.5) is 24.7 Å². The molecule has 2 heterocycles. The highest BCUT2D eigenvalue weighted by molar-refractivity contribution is 5.66. The molecule has 0 spiro atoms.